The van der Waals surface area contributed by atoms with Gasteiger partial charge in [0.25, 0.3) is 0 Å². The molecule has 3 nitrogen and oxygen atoms in total. The van der Waals surface area contributed by atoms with Gasteiger partial charge in [0, 0.05) is 187 Å². The molecular formula is H8EuGdO3SY3. The number of rotatable bonds is 0. The molecule has 0 saturated carbocycles. The third kappa shape index (κ3) is 53.8. The molecule has 0 atom stereocenters. The van der Waals surface area contributed by atoms with Crippen molar-refractivity contribution < 1.29 is 204 Å². The topological polar surface area (TPSA) is 94.5 Å². The van der Waals surface area contributed by atoms with Crippen LogP contribution in [0.15, 0.2) is 0 Å². The van der Waals surface area contributed by atoms with Gasteiger partial charge in [0.15, 0.2) is 0 Å². The maximum Gasteiger partial charge on any atom is 0 e. The van der Waals surface area contributed by atoms with Crippen LogP contribution < -0.4 is 0 Å². The molecule has 0 aromatic heterocycles. The second-order valence-electron chi connectivity index (χ2n) is 0. The molecule has 0 rings (SSSR count). The van der Waals surface area contributed by atoms with Crippen LogP contribution in [0.1, 0.15) is 0 Å². The molecule has 6 N–H and O–H groups in total. The van der Waals surface area contributed by atoms with E-state index in [2.05, 4.69) is 0 Å². The molecule has 0 saturated heterocycles. The van der Waals surface area contributed by atoms with Crippen molar-refractivity contribution in [1.82, 2.24) is 0 Å². The fraction of sp³-hybridized carbons (Fsp3) is 0. The average Bonchev–Trinajstić information content (AvgIpc) is 0. The molecule has 0 aliphatic carbocycles. The minimum Gasteiger partial charge on any atom is -0.412 e. The molecule has 56 valence electrons. The van der Waals surface area contributed by atoms with Gasteiger partial charge in [0.05, 0.1) is 0 Å². The van der Waals surface area contributed by atoms with E-state index in [1.54, 1.807) is 0 Å². The quantitative estimate of drug-likeness (QED) is 0.277. The van der Waals surface area contributed by atoms with Gasteiger partial charge in [-0.2, -0.15) is 13.5 Å². The summed E-state index contributed by atoms with van der Waals surface area (Å²) >= 11 is 0. The molecule has 0 spiro atoms. The van der Waals surface area contributed by atoms with E-state index in [0.29, 0.717) is 0 Å². The van der Waals surface area contributed by atoms with E-state index >= 15 is 0 Å². The normalized spacial score (nSPS) is 0. The summed E-state index contributed by atoms with van der Waals surface area (Å²) in [4.78, 5) is 0. The Kier molecular flexibility index (Phi) is 541. The third-order valence-electron chi connectivity index (χ3n) is 0. The predicted octanol–water partition coefficient (Wildman–Crippen LogP) is -2.37. The summed E-state index contributed by atoms with van der Waals surface area (Å²) in [6, 6.07) is 0. The fourth-order valence-electron chi connectivity index (χ4n) is 0. The van der Waals surface area contributed by atoms with Gasteiger partial charge >= 0.3 is 0 Å². The van der Waals surface area contributed by atoms with Crippen LogP contribution in [-0.4, -0.2) is 16.4 Å². The zero-order valence-corrected chi connectivity index (χ0v) is 18.7. The van der Waals surface area contributed by atoms with Crippen LogP contribution in [0.2, 0.25) is 0 Å². The van der Waals surface area contributed by atoms with Gasteiger partial charge in [0.1, 0.15) is 0 Å². The van der Waals surface area contributed by atoms with Crippen molar-refractivity contribution in [3.8, 4) is 0 Å². The Labute approximate surface area is 210 Å². The molecule has 4 radical (unpaired) electrons. The second kappa shape index (κ2) is 62.8. The maximum atomic E-state index is 0. The van der Waals surface area contributed by atoms with E-state index in [1.807, 2.05) is 0 Å². The minimum absolute atomic E-state index is 0. The fourth-order valence-corrected chi connectivity index (χ4v) is 0. The Morgan fingerprint density at radius 3 is 0.556 bits per heavy atom. The summed E-state index contributed by atoms with van der Waals surface area (Å²) in [7, 11) is 0. The van der Waals surface area contributed by atoms with Gasteiger partial charge in [-0.05, 0) is 0 Å². The van der Waals surface area contributed by atoms with Crippen molar-refractivity contribution in [2.45, 2.75) is 0 Å². The largest absolute Gasteiger partial charge is 0.412 e. The Bertz CT molecular complexity index is 19.0. The van der Waals surface area contributed by atoms with E-state index in [1.165, 1.54) is 0 Å². The summed E-state index contributed by atoms with van der Waals surface area (Å²) in [5, 5.41) is 0. The van der Waals surface area contributed by atoms with Crippen LogP contribution in [0.3, 0.4) is 0 Å². The van der Waals surface area contributed by atoms with Gasteiger partial charge in [-0.3, -0.25) is 0 Å². The number of hydrogen-bond acceptors (Lipinski definition) is 0. The first-order valence-electron chi connectivity index (χ1n) is 0. The SMILES string of the molecule is O.O.O.S.[Eu].[Gd].[Y].[Y].[Y]. The van der Waals surface area contributed by atoms with Gasteiger partial charge in [0.2, 0.25) is 0 Å². The first-order valence-corrected chi connectivity index (χ1v) is 0. The van der Waals surface area contributed by atoms with Crippen molar-refractivity contribution in [3.05, 3.63) is 0 Å². The minimum atomic E-state index is 0. The molecule has 0 aliphatic heterocycles. The Balaban J connectivity index is 0. The van der Waals surface area contributed by atoms with Gasteiger partial charge < -0.3 is 16.4 Å². The molecule has 0 aliphatic rings. The molecule has 9 heteroatoms. The van der Waals surface area contributed by atoms with Gasteiger partial charge in [-0.15, -0.1) is 0 Å². The van der Waals surface area contributed by atoms with Crippen molar-refractivity contribution >= 4 is 13.5 Å². The molecule has 0 bridgehead atoms. The first kappa shape index (κ1) is 77.5. The summed E-state index contributed by atoms with van der Waals surface area (Å²) in [5.74, 6) is 0. The Morgan fingerprint density at radius 1 is 0.556 bits per heavy atom. The number of hydrogen-bond donors (Lipinski definition) is 0. The van der Waals surface area contributed by atoms with Crippen LogP contribution in [0.5, 0.6) is 0 Å². The molecule has 0 aromatic carbocycles. The molecule has 0 amide bonds. The van der Waals surface area contributed by atoms with Crippen molar-refractivity contribution in [2.24, 2.45) is 0 Å². The van der Waals surface area contributed by atoms with E-state index in [-0.39, 0.29) is 217 Å². The Morgan fingerprint density at radius 2 is 0.556 bits per heavy atom. The van der Waals surface area contributed by atoms with Crippen LogP contribution in [0.25, 0.3) is 0 Å². The van der Waals surface area contributed by atoms with Crippen molar-refractivity contribution in [1.29, 1.82) is 0 Å². The summed E-state index contributed by atoms with van der Waals surface area (Å²) < 4.78 is 0. The molecule has 0 heterocycles. The third-order valence-corrected chi connectivity index (χ3v) is 0. The van der Waals surface area contributed by atoms with Gasteiger partial charge in [-0.25, -0.2) is 0 Å². The average molecular weight is 664 g/mol. The molecule has 9 heavy (non-hydrogen) atoms. The standard InChI is InChI=1S/Eu.Gd.3H2O.H2S.3Y/h;;4*1H2;;;. The van der Waals surface area contributed by atoms with Crippen molar-refractivity contribution in [3.63, 3.8) is 0 Å². The first-order chi connectivity index (χ1) is 0. The van der Waals surface area contributed by atoms with E-state index in [9.17, 15) is 0 Å². The maximum absolute atomic E-state index is 0. The summed E-state index contributed by atoms with van der Waals surface area (Å²) in [6.07, 6.45) is 0. The molecule has 0 fully saturated rings. The molecule has 0 aromatic rings. The zero-order valence-electron chi connectivity index (χ0n) is 4.46. The summed E-state index contributed by atoms with van der Waals surface area (Å²) in [5.41, 5.74) is 0. The summed E-state index contributed by atoms with van der Waals surface area (Å²) in [6.45, 7) is 0. The van der Waals surface area contributed by atoms with Crippen LogP contribution in [0.4, 0.5) is 0 Å². The molecule has 0 unspecified atom stereocenters. The predicted molar refractivity (Wildman–Crippen MR) is 21.2 cm³/mol. The Hall–Kier alpha value is 6.45. The zero-order chi connectivity index (χ0) is 0. The van der Waals surface area contributed by atoms with Crippen LogP contribution in [-0.2, 0) is 98.1 Å². The van der Waals surface area contributed by atoms with Crippen molar-refractivity contribution in [2.75, 3.05) is 0 Å². The van der Waals surface area contributed by atoms with E-state index < -0.39 is 0 Å². The monoisotopic (exact) mass is 666 g/mol. The van der Waals surface area contributed by atoms with Crippen LogP contribution >= 0.6 is 13.5 Å². The molecular weight excluding hydrogens is 656 g/mol. The van der Waals surface area contributed by atoms with Crippen LogP contribution in [0, 0.1) is 89.3 Å². The van der Waals surface area contributed by atoms with E-state index in [4.69, 9.17) is 0 Å². The van der Waals surface area contributed by atoms with E-state index in [0.717, 1.165) is 0 Å². The second-order valence-corrected chi connectivity index (χ2v) is 0. The van der Waals surface area contributed by atoms with Gasteiger partial charge in [-0.1, -0.05) is 0 Å². The smallest absolute Gasteiger partial charge is 0 e.